The van der Waals surface area contributed by atoms with E-state index in [1.54, 1.807) is 0 Å². The molecule has 1 aliphatic rings. The molecule has 1 saturated carbocycles. The minimum absolute atomic E-state index is 0.0980. The maximum absolute atomic E-state index is 12.3. The highest BCUT2D eigenvalue weighted by molar-refractivity contribution is 7.18. The van der Waals surface area contributed by atoms with Gasteiger partial charge in [-0.05, 0) is 25.2 Å². The monoisotopic (exact) mass is 282 g/mol. The van der Waals surface area contributed by atoms with Gasteiger partial charge in [-0.25, -0.2) is 4.98 Å². The zero-order chi connectivity index (χ0) is 14.0. The summed E-state index contributed by atoms with van der Waals surface area (Å²) in [5.41, 5.74) is 5.98. The third-order valence-corrected chi connectivity index (χ3v) is 4.78. The Morgan fingerprint density at radius 2 is 2.32 bits per heavy atom. The zero-order valence-corrected chi connectivity index (χ0v) is 12.6. The largest absolute Gasteiger partial charge is 0.382 e. The van der Waals surface area contributed by atoms with Crippen LogP contribution < -0.4 is 16.4 Å². The normalized spacial score (nSPS) is 21.3. The fourth-order valence-corrected chi connectivity index (χ4v) is 3.40. The molecule has 1 aromatic rings. The Morgan fingerprint density at radius 1 is 1.58 bits per heavy atom. The molecule has 6 heteroatoms. The Morgan fingerprint density at radius 3 is 2.89 bits per heavy atom. The van der Waals surface area contributed by atoms with Gasteiger partial charge in [-0.2, -0.15) is 0 Å². The van der Waals surface area contributed by atoms with Crippen LogP contribution in [-0.2, 0) is 0 Å². The zero-order valence-electron chi connectivity index (χ0n) is 11.7. The molecule has 1 unspecified atom stereocenters. The van der Waals surface area contributed by atoms with Crippen molar-refractivity contribution in [1.29, 1.82) is 0 Å². The molecule has 1 heterocycles. The first-order chi connectivity index (χ1) is 8.94. The molecule has 0 spiro atoms. The van der Waals surface area contributed by atoms with E-state index in [-0.39, 0.29) is 17.4 Å². The summed E-state index contributed by atoms with van der Waals surface area (Å²) in [6, 6.07) is 0.226. The van der Waals surface area contributed by atoms with E-state index in [1.807, 2.05) is 6.92 Å². The van der Waals surface area contributed by atoms with Crippen molar-refractivity contribution in [2.24, 2.45) is 5.41 Å². The Bertz CT molecular complexity index is 469. The van der Waals surface area contributed by atoms with Crippen LogP contribution in [0.3, 0.4) is 0 Å². The molecule has 0 radical (unpaired) electrons. The van der Waals surface area contributed by atoms with Gasteiger partial charge in [0.2, 0.25) is 0 Å². The molecule has 4 N–H and O–H groups in total. The van der Waals surface area contributed by atoms with E-state index in [0.29, 0.717) is 15.8 Å². The molecule has 19 heavy (non-hydrogen) atoms. The summed E-state index contributed by atoms with van der Waals surface area (Å²) in [6.07, 6.45) is 3.36. The van der Waals surface area contributed by atoms with E-state index >= 15 is 0 Å². The summed E-state index contributed by atoms with van der Waals surface area (Å²) in [7, 11) is 0. The number of carbonyl (C=O) groups excluding carboxylic acids is 1. The summed E-state index contributed by atoms with van der Waals surface area (Å²) in [4.78, 5) is 16.9. The van der Waals surface area contributed by atoms with E-state index in [0.717, 1.165) is 19.4 Å². The lowest BCUT2D eigenvalue weighted by Crippen LogP contribution is -2.41. The van der Waals surface area contributed by atoms with E-state index in [4.69, 9.17) is 5.73 Å². The van der Waals surface area contributed by atoms with Crippen molar-refractivity contribution < 1.29 is 4.79 Å². The highest BCUT2D eigenvalue weighted by Gasteiger charge is 2.36. The Kier molecular flexibility index (Phi) is 3.99. The van der Waals surface area contributed by atoms with Crippen LogP contribution in [0.1, 0.15) is 49.7 Å². The number of rotatable bonds is 4. The molecule has 5 nitrogen and oxygen atoms in total. The lowest BCUT2D eigenvalue weighted by atomic mass is 9.87. The number of thiazole rings is 1. The SMILES string of the molecule is CCNc1nc(N)c(C(=O)NC2CCCC2(C)C)s1. The Labute approximate surface area is 118 Å². The fourth-order valence-electron chi connectivity index (χ4n) is 2.54. The number of nitrogens with zero attached hydrogens (tertiary/aromatic N) is 1. The smallest absolute Gasteiger partial charge is 0.265 e. The van der Waals surface area contributed by atoms with Gasteiger partial charge in [0.25, 0.3) is 5.91 Å². The molecular formula is C13H22N4OS. The van der Waals surface area contributed by atoms with Crippen LogP contribution in [0.2, 0.25) is 0 Å². The quantitative estimate of drug-likeness (QED) is 0.792. The van der Waals surface area contributed by atoms with Gasteiger partial charge >= 0.3 is 0 Å². The molecule has 0 aromatic carbocycles. The second-order valence-corrected chi connectivity index (χ2v) is 6.67. The van der Waals surface area contributed by atoms with Gasteiger partial charge in [-0.3, -0.25) is 4.79 Å². The topological polar surface area (TPSA) is 80.0 Å². The van der Waals surface area contributed by atoms with Crippen LogP contribution in [0.4, 0.5) is 10.9 Å². The van der Waals surface area contributed by atoms with Crippen molar-refractivity contribution in [2.45, 2.75) is 46.1 Å². The second kappa shape index (κ2) is 5.36. The van der Waals surface area contributed by atoms with Crippen molar-refractivity contribution in [1.82, 2.24) is 10.3 Å². The lowest BCUT2D eigenvalue weighted by Gasteiger charge is -2.27. The average molecular weight is 282 g/mol. The summed E-state index contributed by atoms with van der Waals surface area (Å²) < 4.78 is 0. The third-order valence-electron chi connectivity index (χ3n) is 3.75. The molecule has 1 fully saturated rings. The lowest BCUT2D eigenvalue weighted by molar-refractivity contribution is 0.0915. The highest BCUT2D eigenvalue weighted by atomic mass is 32.1. The molecule has 1 aliphatic carbocycles. The summed E-state index contributed by atoms with van der Waals surface area (Å²) in [5, 5.41) is 6.89. The summed E-state index contributed by atoms with van der Waals surface area (Å²) >= 11 is 1.32. The molecule has 106 valence electrons. The van der Waals surface area contributed by atoms with Crippen molar-refractivity contribution in [3.63, 3.8) is 0 Å². The second-order valence-electron chi connectivity index (χ2n) is 5.67. The Hall–Kier alpha value is -1.30. The van der Waals surface area contributed by atoms with Gasteiger partial charge in [0.15, 0.2) is 5.13 Å². The highest BCUT2D eigenvalue weighted by Crippen LogP contribution is 2.37. The Balaban J connectivity index is 2.07. The first kappa shape index (κ1) is 14.1. The van der Waals surface area contributed by atoms with E-state index < -0.39 is 0 Å². The number of nitrogen functional groups attached to an aromatic ring is 1. The van der Waals surface area contributed by atoms with Gasteiger partial charge in [0.1, 0.15) is 10.7 Å². The fraction of sp³-hybridized carbons (Fsp3) is 0.692. The molecule has 0 bridgehead atoms. The number of amides is 1. The molecule has 0 saturated heterocycles. The van der Waals surface area contributed by atoms with Gasteiger partial charge in [0.05, 0.1) is 0 Å². The van der Waals surface area contributed by atoms with Crippen molar-refractivity contribution in [2.75, 3.05) is 17.6 Å². The van der Waals surface area contributed by atoms with Gasteiger partial charge in [-0.15, -0.1) is 0 Å². The number of anilines is 2. The number of nitrogens with one attached hydrogen (secondary N) is 2. The van der Waals surface area contributed by atoms with Gasteiger partial charge < -0.3 is 16.4 Å². The number of carbonyl (C=O) groups is 1. The van der Waals surface area contributed by atoms with Crippen LogP contribution in [-0.4, -0.2) is 23.5 Å². The number of hydrogen-bond donors (Lipinski definition) is 3. The summed E-state index contributed by atoms with van der Waals surface area (Å²) in [5.74, 6) is 0.216. The first-order valence-corrected chi connectivity index (χ1v) is 7.56. The van der Waals surface area contributed by atoms with E-state index in [2.05, 4.69) is 29.5 Å². The molecule has 1 aromatic heterocycles. The van der Waals surface area contributed by atoms with E-state index in [1.165, 1.54) is 17.8 Å². The van der Waals surface area contributed by atoms with Crippen LogP contribution in [0.5, 0.6) is 0 Å². The molecular weight excluding hydrogens is 260 g/mol. The number of nitrogens with two attached hydrogens (primary N) is 1. The van der Waals surface area contributed by atoms with Crippen molar-refractivity contribution >= 4 is 28.2 Å². The minimum atomic E-state index is -0.0980. The minimum Gasteiger partial charge on any atom is -0.382 e. The standard InChI is InChI=1S/C13H22N4OS/c1-4-15-12-17-10(14)9(19-12)11(18)16-8-6-5-7-13(8,2)3/h8H,4-7,14H2,1-3H3,(H,15,17)(H,16,18). The maximum Gasteiger partial charge on any atom is 0.265 e. The van der Waals surface area contributed by atoms with Crippen molar-refractivity contribution in [3.8, 4) is 0 Å². The van der Waals surface area contributed by atoms with Crippen molar-refractivity contribution in [3.05, 3.63) is 4.88 Å². The predicted molar refractivity (Wildman–Crippen MR) is 79.6 cm³/mol. The van der Waals surface area contributed by atoms with E-state index in [9.17, 15) is 4.79 Å². The molecule has 1 amide bonds. The van der Waals surface area contributed by atoms with Crippen LogP contribution in [0, 0.1) is 5.41 Å². The summed E-state index contributed by atoms with van der Waals surface area (Å²) in [6.45, 7) is 7.15. The number of aromatic nitrogens is 1. The van der Waals surface area contributed by atoms with Crippen LogP contribution in [0.15, 0.2) is 0 Å². The first-order valence-electron chi connectivity index (χ1n) is 6.75. The van der Waals surface area contributed by atoms with Gasteiger partial charge in [0, 0.05) is 12.6 Å². The average Bonchev–Trinajstić information content (AvgIpc) is 2.83. The van der Waals surface area contributed by atoms with Crippen LogP contribution in [0.25, 0.3) is 0 Å². The molecule has 0 aliphatic heterocycles. The van der Waals surface area contributed by atoms with Gasteiger partial charge in [-0.1, -0.05) is 31.6 Å². The molecule has 1 atom stereocenters. The number of hydrogen-bond acceptors (Lipinski definition) is 5. The predicted octanol–water partition coefficient (Wildman–Crippen LogP) is 2.47. The van der Waals surface area contributed by atoms with Crippen LogP contribution >= 0.6 is 11.3 Å². The third kappa shape index (κ3) is 3.00. The molecule has 2 rings (SSSR count). The maximum atomic E-state index is 12.3.